The van der Waals surface area contributed by atoms with Crippen molar-refractivity contribution in [2.45, 2.75) is 0 Å². The summed E-state index contributed by atoms with van der Waals surface area (Å²) < 4.78 is 5.05. The topological polar surface area (TPSA) is 8.17 Å². The van der Waals surface area contributed by atoms with Crippen molar-refractivity contribution in [3.8, 4) is 39.1 Å². The number of anilines is 3. The summed E-state index contributed by atoms with van der Waals surface area (Å²) in [5, 5.41) is 7.56. The van der Waals surface area contributed by atoms with Gasteiger partial charge in [-0.3, -0.25) is 0 Å². The smallest absolute Gasteiger partial charge is 0.0546 e. The zero-order valence-electron chi connectivity index (χ0n) is 33.2. The van der Waals surface area contributed by atoms with Crippen molar-refractivity contribution < 1.29 is 0 Å². The van der Waals surface area contributed by atoms with Crippen LogP contribution in [-0.2, 0) is 0 Å². The number of benzene rings is 10. The summed E-state index contributed by atoms with van der Waals surface area (Å²) >= 11 is 1.86. The molecule has 286 valence electrons. The molecule has 12 rings (SSSR count). The lowest BCUT2D eigenvalue weighted by molar-refractivity contribution is 1.18. The Morgan fingerprint density at radius 3 is 1.66 bits per heavy atom. The molecule has 12 aromatic rings. The molecule has 0 unspecified atom stereocenters. The van der Waals surface area contributed by atoms with Gasteiger partial charge in [-0.1, -0.05) is 170 Å². The average molecular weight is 795 g/mol. The largest absolute Gasteiger partial charge is 0.310 e. The minimum atomic E-state index is 1.10. The first-order chi connectivity index (χ1) is 30.2. The molecule has 3 heteroatoms. The predicted octanol–water partition coefficient (Wildman–Crippen LogP) is 16.8. The number of hydrogen-bond acceptors (Lipinski definition) is 2. The minimum Gasteiger partial charge on any atom is -0.310 e. The third-order valence-corrected chi connectivity index (χ3v) is 13.3. The lowest BCUT2D eigenvalue weighted by atomic mass is 9.91. The molecular formula is C58H38N2S. The molecule has 0 radical (unpaired) electrons. The van der Waals surface area contributed by atoms with Crippen LogP contribution < -0.4 is 4.90 Å². The number of rotatable bonds is 7. The van der Waals surface area contributed by atoms with Crippen molar-refractivity contribution in [1.82, 2.24) is 4.57 Å². The van der Waals surface area contributed by atoms with Crippen molar-refractivity contribution in [1.29, 1.82) is 0 Å². The number of para-hydroxylation sites is 2. The molecule has 0 aliphatic rings. The van der Waals surface area contributed by atoms with E-state index in [9.17, 15) is 0 Å². The minimum absolute atomic E-state index is 1.10. The van der Waals surface area contributed by atoms with E-state index in [-0.39, 0.29) is 0 Å². The molecule has 0 atom stereocenters. The van der Waals surface area contributed by atoms with Gasteiger partial charge in [0.05, 0.1) is 16.7 Å². The quantitative estimate of drug-likeness (QED) is 0.156. The van der Waals surface area contributed by atoms with E-state index in [1.54, 1.807) is 0 Å². The second kappa shape index (κ2) is 14.5. The van der Waals surface area contributed by atoms with Gasteiger partial charge < -0.3 is 9.47 Å². The molecule has 0 amide bonds. The SMILES string of the molecule is c1ccc(-c2ccc(-c3c(-c4ccc(N(c5ccc6ccccc6c5)c5ccc6c(c5)sc5ccccc56)cc4)cccc3-n3c4ccccc4c4ccccc43)cc2)cc1. The van der Waals surface area contributed by atoms with Crippen LogP contribution in [-0.4, -0.2) is 4.57 Å². The van der Waals surface area contributed by atoms with Gasteiger partial charge >= 0.3 is 0 Å². The Bertz CT molecular complexity index is 3520. The lowest BCUT2D eigenvalue weighted by Crippen LogP contribution is -2.09. The first-order valence-electron chi connectivity index (χ1n) is 20.8. The maximum Gasteiger partial charge on any atom is 0.0546 e. The Balaban J connectivity index is 1.03. The highest BCUT2D eigenvalue weighted by Gasteiger charge is 2.20. The van der Waals surface area contributed by atoms with Crippen molar-refractivity contribution in [3.63, 3.8) is 0 Å². The van der Waals surface area contributed by atoms with Gasteiger partial charge in [0.25, 0.3) is 0 Å². The summed E-state index contributed by atoms with van der Waals surface area (Å²) in [4.78, 5) is 2.40. The van der Waals surface area contributed by atoms with Crippen LogP contribution in [0.25, 0.3) is 91.8 Å². The van der Waals surface area contributed by atoms with Crippen LogP contribution in [0.5, 0.6) is 0 Å². The van der Waals surface area contributed by atoms with E-state index < -0.39 is 0 Å². The molecular weight excluding hydrogens is 757 g/mol. The molecule has 0 N–H and O–H groups in total. The number of nitrogens with zero attached hydrogens (tertiary/aromatic N) is 2. The summed E-state index contributed by atoms with van der Waals surface area (Å²) in [6, 6.07) is 84.3. The van der Waals surface area contributed by atoms with Gasteiger partial charge in [0, 0.05) is 53.6 Å². The van der Waals surface area contributed by atoms with E-state index in [2.05, 4.69) is 240 Å². The molecule has 0 spiro atoms. The molecule has 0 aliphatic heterocycles. The number of hydrogen-bond donors (Lipinski definition) is 0. The molecule has 2 nitrogen and oxygen atoms in total. The van der Waals surface area contributed by atoms with Crippen LogP contribution in [0.4, 0.5) is 17.1 Å². The molecule has 61 heavy (non-hydrogen) atoms. The normalized spacial score (nSPS) is 11.6. The highest BCUT2D eigenvalue weighted by Crippen LogP contribution is 2.44. The molecule has 2 heterocycles. The molecule has 0 aliphatic carbocycles. The van der Waals surface area contributed by atoms with Gasteiger partial charge in [-0.15, -0.1) is 11.3 Å². The van der Waals surface area contributed by atoms with Crippen molar-refractivity contribution in [2.24, 2.45) is 0 Å². The van der Waals surface area contributed by atoms with Crippen molar-refractivity contribution in [2.75, 3.05) is 4.90 Å². The highest BCUT2D eigenvalue weighted by molar-refractivity contribution is 7.25. The third-order valence-electron chi connectivity index (χ3n) is 12.2. The van der Waals surface area contributed by atoms with Gasteiger partial charge in [0.2, 0.25) is 0 Å². The zero-order chi connectivity index (χ0) is 40.3. The third kappa shape index (κ3) is 6.01. The fourth-order valence-electron chi connectivity index (χ4n) is 9.32. The van der Waals surface area contributed by atoms with Gasteiger partial charge in [-0.05, 0) is 99.3 Å². The van der Waals surface area contributed by atoms with E-state index in [1.165, 1.54) is 80.6 Å². The highest BCUT2D eigenvalue weighted by atomic mass is 32.1. The monoisotopic (exact) mass is 794 g/mol. The molecule has 2 aromatic heterocycles. The fourth-order valence-corrected chi connectivity index (χ4v) is 10.5. The van der Waals surface area contributed by atoms with Crippen LogP contribution in [0.3, 0.4) is 0 Å². The van der Waals surface area contributed by atoms with Gasteiger partial charge in [-0.2, -0.15) is 0 Å². The summed E-state index contributed by atoms with van der Waals surface area (Å²) in [5.74, 6) is 0. The maximum atomic E-state index is 2.45. The van der Waals surface area contributed by atoms with E-state index in [4.69, 9.17) is 0 Å². The number of fused-ring (bicyclic) bond motifs is 7. The van der Waals surface area contributed by atoms with E-state index in [0.717, 1.165) is 28.3 Å². The summed E-state index contributed by atoms with van der Waals surface area (Å²) in [6.07, 6.45) is 0. The first-order valence-corrected chi connectivity index (χ1v) is 21.6. The molecule has 0 fully saturated rings. The maximum absolute atomic E-state index is 2.45. The second-order valence-corrected chi connectivity index (χ2v) is 16.8. The first kappa shape index (κ1) is 35.2. The Morgan fingerprint density at radius 2 is 0.885 bits per heavy atom. The van der Waals surface area contributed by atoms with E-state index >= 15 is 0 Å². The molecule has 0 saturated carbocycles. The Labute approximate surface area is 358 Å². The molecule has 10 aromatic carbocycles. The van der Waals surface area contributed by atoms with Crippen molar-refractivity contribution >= 4 is 81.1 Å². The van der Waals surface area contributed by atoms with Crippen LogP contribution in [0.2, 0.25) is 0 Å². The van der Waals surface area contributed by atoms with Crippen LogP contribution in [0.15, 0.2) is 231 Å². The van der Waals surface area contributed by atoms with Crippen LogP contribution >= 0.6 is 11.3 Å². The van der Waals surface area contributed by atoms with Gasteiger partial charge in [0.15, 0.2) is 0 Å². The summed E-state index contributed by atoms with van der Waals surface area (Å²) in [7, 11) is 0. The Kier molecular flexibility index (Phi) is 8.39. The van der Waals surface area contributed by atoms with E-state index in [1.807, 2.05) is 11.3 Å². The Morgan fingerprint density at radius 1 is 0.328 bits per heavy atom. The van der Waals surface area contributed by atoms with E-state index in [0.29, 0.717) is 0 Å². The summed E-state index contributed by atoms with van der Waals surface area (Å²) in [5.41, 5.74) is 14.0. The summed E-state index contributed by atoms with van der Waals surface area (Å²) in [6.45, 7) is 0. The number of aromatic nitrogens is 1. The van der Waals surface area contributed by atoms with Crippen LogP contribution in [0, 0.1) is 0 Å². The fraction of sp³-hybridized carbons (Fsp3) is 0. The zero-order valence-corrected chi connectivity index (χ0v) is 34.1. The molecule has 0 saturated heterocycles. The predicted molar refractivity (Wildman–Crippen MR) is 262 cm³/mol. The van der Waals surface area contributed by atoms with Gasteiger partial charge in [-0.25, -0.2) is 0 Å². The lowest BCUT2D eigenvalue weighted by Gasteiger charge is -2.26. The molecule has 0 bridgehead atoms. The standard InChI is InChI=1S/C58H38N2S/c1-2-13-39(14-3-1)41-25-27-43(28-26-41)58-48(20-12-23-55(58)60-53-21-9-6-17-49(53)50-18-7-10-22-54(50)60)42-30-32-45(33-31-42)59(46-34-29-40-15-4-5-16-44(40)37-46)47-35-36-52-51-19-8-11-24-56(51)61-57(52)38-47/h1-38H. The average Bonchev–Trinajstić information content (AvgIpc) is 3.87. The number of thiophene rings is 1. The van der Waals surface area contributed by atoms with Crippen molar-refractivity contribution in [3.05, 3.63) is 231 Å². The van der Waals surface area contributed by atoms with Gasteiger partial charge in [0.1, 0.15) is 0 Å². The Hall–Kier alpha value is -7.72. The second-order valence-electron chi connectivity index (χ2n) is 15.7. The van der Waals surface area contributed by atoms with Crippen LogP contribution in [0.1, 0.15) is 0 Å².